The zero-order valence-corrected chi connectivity index (χ0v) is 12.5. The van der Waals surface area contributed by atoms with Gasteiger partial charge in [0.1, 0.15) is 12.3 Å². The van der Waals surface area contributed by atoms with E-state index in [2.05, 4.69) is 25.3 Å². The van der Waals surface area contributed by atoms with Crippen LogP contribution in [0.3, 0.4) is 0 Å². The molecular formula is C16H14N4O4. The minimum absolute atomic E-state index is 0.195. The van der Waals surface area contributed by atoms with E-state index in [9.17, 15) is 14.7 Å². The minimum Gasteiger partial charge on any atom is -0.394 e. The number of aliphatic hydroxyl groups excluding tert-OH is 1. The van der Waals surface area contributed by atoms with Crippen LogP contribution in [0.1, 0.15) is 10.4 Å². The van der Waals surface area contributed by atoms with Crippen LogP contribution < -0.4 is 10.6 Å². The molecule has 24 heavy (non-hydrogen) atoms. The summed E-state index contributed by atoms with van der Waals surface area (Å²) in [5, 5.41) is 18.6. The molecule has 1 aromatic carbocycles. The number of anilines is 1. The predicted molar refractivity (Wildman–Crippen MR) is 85.2 cm³/mol. The van der Waals surface area contributed by atoms with Crippen LogP contribution in [0.15, 0.2) is 53.4 Å². The molecule has 3 rings (SSSR count). The highest BCUT2D eigenvalue weighted by Crippen LogP contribution is 2.12. The van der Waals surface area contributed by atoms with E-state index in [1.165, 1.54) is 18.5 Å². The number of nitrogens with zero attached hydrogens (tertiary/aromatic N) is 2. The number of rotatable bonds is 5. The first-order valence-electron chi connectivity index (χ1n) is 7.15. The zero-order valence-electron chi connectivity index (χ0n) is 12.5. The average Bonchev–Trinajstić information content (AvgIpc) is 3.11. The van der Waals surface area contributed by atoms with Crippen molar-refractivity contribution < 1.29 is 19.2 Å². The third-order valence-electron chi connectivity index (χ3n) is 3.35. The van der Waals surface area contributed by atoms with E-state index < -0.39 is 24.5 Å². The Hall–Kier alpha value is -3.26. The Kier molecular flexibility index (Phi) is 4.48. The summed E-state index contributed by atoms with van der Waals surface area (Å²) in [6.45, 7) is -0.559. The van der Waals surface area contributed by atoms with Gasteiger partial charge in [0.2, 0.25) is 0 Å². The van der Waals surface area contributed by atoms with Gasteiger partial charge in [-0.25, -0.2) is 0 Å². The molecule has 0 aliphatic rings. The Balaban J connectivity index is 1.72. The molecule has 0 bridgehead atoms. The van der Waals surface area contributed by atoms with Gasteiger partial charge in [0, 0.05) is 17.6 Å². The van der Waals surface area contributed by atoms with E-state index in [1.807, 2.05) is 24.3 Å². The monoisotopic (exact) mass is 326 g/mol. The van der Waals surface area contributed by atoms with Gasteiger partial charge in [-0.15, -0.1) is 0 Å². The van der Waals surface area contributed by atoms with Gasteiger partial charge in [0.05, 0.1) is 17.7 Å². The summed E-state index contributed by atoms with van der Waals surface area (Å²) < 4.78 is 4.60. The number of carbonyl (C=O) groups excluding carboxylic acids is 2. The van der Waals surface area contributed by atoms with Crippen molar-refractivity contribution in [1.29, 1.82) is 0 Å². The first kappa shape index (κ1) is 15.6. The van der Waals surface area contributed by atoms with Gasteiger partial charge < -0.3 is 20.3 Å². The molecule has 0 saturated heterocycles. The summed E-state index contributed by atoms with van der Waals surface area (Å²) in [6.07, 6.45) is 2.71. The molecule has 2 amide bonds. The lowest BCUT2D eigenvalue weighted by Crippen LogP contribution is -2.46. The van der Waals surface area contributed by atoms with Crippen molar-refractivity contribution in [3.8, 4) is 0 Å². The number of hydrogen-bond donors (Lipinski definition) is 3. The second-order valence-corrected chi connectivity index (χ2v) is 5.00. The molecule has 8 heteroatoms. The second kappa shape index (κ2) is 6.88. The molecule has 2 aromatic heterocycles. The van der Waals surface area contributed by atoms with Crippen molar-refractivity contribution in [2.75, 3.05) is 11.9 Å². The van der Waals surface area contributed by atoms with Crippen molar-refractivity contribution in [3.63, 3.8) is 0 Å². The van der Waals surface area contributed by atoms with Gasteiger partial charge in [-0.05, 0) is 12.1 Å². The van der Waals surface area contributed by atoms with Gasteiger partial charge >= 0.3 is 0 Å². The molecule has 1 atom stereocenters. The van der Waals surface area contributed by atoms with E-state index in [0.717, 1.165) is 10.9 Å². The zero-order chi connectivity index (χ0) is 16.9. The predicted octanol–water partition coefficient (Wildman–Crippen LogP) is 0.952. The van der Waals surface area contributed by atoms with Crippen LogP contribution in [0, 0.1) is 0 Å². The molecule has 0 fully saturated rings. The normalized spacial score (nSPS) is 11.9. The van der Waals surface area contributed by atoms with Crippen LogP contribution in [-0.4, -0.2) is 39.7 Å². The maximum Gasteiger partial charge on any atom is 0.253 e. The van der Waals surface area contributed by atoms with Crippen molar-refractivity contribution in [3.05, 3.63) is 54.4 Å². The molecule has 0 radical (unpaired) electrons. The molecule has 0 aliphatic heterocycles. The van der Waals surface area contributed by atoms with Crippen LogP contribution >= 0.6 is 0 Å². The van der Waals surface area contributed by atoms with Crippen molar-refractivity contribution in [2.24, 2.45) is 0 Å². The quantitative estimate of drug-likeness (QED) is 0.642. The maximum atomic E-state index is 12.3. The lowest BCUT2D eigenvalue weighted by Gasteiger charge is -2.15. The molecule has 122 valence electrons. The van der Waals surface area contributed by atoms with Gasteiger partial charge in [-0.1, -0.05) is 23.4 Å². The number of pyridine rings is 1. The molecule has 8 nitrogen and oxygen atoms in total. The number of nitrogens with one attached hydrogen (secondary N) is 2. The van der Waals surface area contributed by atoms with Crippen LogP contribution in [0.4, 0.5) is 5.82 Å². The van der Waals surface area contributed by atoms with E-state index in [1.54, 1.807) is 6.07 Å². The number of amides is 2. The molecule has 0 aliphatic carbocycles. The minimum atomic E-state index is -1.12. The molecule has 0 saturated carbocycles. The molecule has 2 heterocycles. The van der Waals surface area contributed by atoms with Gasteiger partial charge in [0.25, 0.3) is 11.8 Å². The first-order chi connectivity index (χ1) is 11.7. The van der Waals surface area contributed by atoms with Crippen molar-refractivity contribution in [1.82, 2.24) is 15.5 Å². The standard InChI is InChI=1S/C16H14N4O4/c21-9-13(16(23)19-14-5-6-24-20-14)18-15(22)11-7-10-3-1-2-4-12(10)17-8-11/h1-8,13,21H,9H2,(H,18,22)(H,19,20,23). The third kappa shape index (κ3) is 3.39. The number of aromatic nitrogens is 2. The molecular weight excluding hydrogens is 312 g/mol. The van der Waals surface area contributed by atoms with E-state index >= 15 is 0 Å². The Morgan fingerprint density at radius 1 is 1.25 bits per heavy atom. The van der Waals surface area contributed by atoms with Gasteiger partial charge in [0.15, 0.2) is 5.82 Å². The number of para-hydroxylation sites is 1. The Bertz CT molecular complexity index is 863. The summed E-state index contributed by atoms with van der Waals surface area (Å²) in [6, 6.07) is 9.35. The van der Waals surface area contributed by atoms with E-state index in [0.29, 0.717) is 5.56 Å². The second-order valence-electron chi connectivity index (χ2n) is 5.00. The fourth-order valence-corrected chi connectivity index (χ4v) is 2.12. The number of aliphatic hydroxyl groups is 1. The number of benzene rings is 1. The fourth-order valence-electron chi connectivity index (χ4n) is 2.12. The maximum absolute atomic E-state index is 12.3. The van der Waals surface area contributed by atoms with Crippen LogP contribution in [0.2, 0.25) is 0 Å². The Morgan fingerprint density at radius 2 is 2.08 bits per heavy atom. The molecule has 1 unspecified atom stereocenters. The lowest BCUT2D eigenvalue weighted by atomic mass is 10.1. The molecule has 3 aromatic rings. The molecule has 0 spiro atoms. The largest absolute Gasteiger partial charge is 0.394 e. The topological polar surface area (TPSA) is 117 Å². The number of fused-ring (bicyclic) bond motifs is 1. The van der Waals surface area contributed by atoms with Crippen LogP contribution in [0.25, 0.3) is 10.9 Å². The Labute approximate surface area is 136 Å². The summed E-state index contributed by atoms with van der Waals surface area (Å²) in [7, 11) is 0. The number of hydrogen-bond acceptors (Lipinski definition) is 6. The summed E-state index contributed by atoms with van der Waals surface area (Å²) in [5.41, 5.74) is 1.05. The van der Waals surface area contributed by atoms with Gasteiger partial charge in [-0.3, -0.25) is 14.6 Å². The average molecular weight is 326 g/mol. The third-order valence-corrected chi connectivity index (χ3v) is 3.35. The Morgan fingerprint density at radius 3 is 2.83 bits per heavy atom. The van der Waals surface area contributed by atoms with E-state index in [-0.39, 0.29) is 5.82 Å². The number of carbonyl (C=O) groups is 2. The van der Waals surface area contributed by atoms with Crippen LogP contribution in [-0.2, 0) is 4.79 Å². The lowest BCUT2D eigenvalue weighted by molar-refractivity contribution is -0.118. The summed E-state index contributed by atoms with van der Waals surface area (Å²) in [5.74, 6) is -0.920. The van der Waals surface area contributed by atoms with E-state index in [4.69, 9.17) is 0 Å². The highest BCUT2D eigenvalue weighted by atomic mass is 16.5. The van der Waals surface area contributed by atoms with Crippen molar-refractivity contribution >= 4 is 28.5 Å². The first-order valence-corrected chi connectivity index (χ1v) is 7.15. The SMILES string of the molecule is O=C(NC(CO)C(=O)Nc1ccon1)c1cnc2ccccc2c1. The van der Waals surface area contributed by atoms with Crippen molar-refractivity contribution in [2.45, 2.75) is 6.04 Å². The fraction of sp³-hybridized carbons (Fsp3) is 0.125. The summed E-state index contributed by atoms with van der Waals surface area (Å²) in [4.78, 5) is 28.5. The highest BCUT2D eigenvalue weighted by Gasteiger charge is 2.21. The highest BCUT2D eigenvalue weighted by molar-refractivity contribution is 6.02. The van der Waals surface area contributed by atoms with Crippen LogP contribution in [0.5, 0.6) is 0 Å². The summed E-state index contributed by atoms with van der Waals surface area (Å²) >= 11 is 0. The molecule has 3 N–H and O–H groups in total. The van der Waals surface area contributed by atoms with Gasteiger partial charge in [-0.2, -0.15) is 0 Å². The smallest absolute Gasteiger partial charge is 0.253 e.